The number of hydrogen-bond acceptors (Lipinski definition) is 4. The van der Waals surface area contributed by atoms with E-state index in [4.69, 9.17) is 21.1 Å². The van der Waals surface area contributed by atoms with E-state index in [0.29, 0.717) is 6.07 Å². The summed E-state index contributed by atoms with van der Waals surface area (Å²) in [6.45, 7) is 4.28. The lowest BCUT2D eigenvalue weighted by Gasteiger charge is -2.20. The van der Waals surface area contributed by atoms with Gasteiger partial charge in [0.1, 0.15) is 40.5 Å². The van der Waals surface area contributed by atoms with Crippen molar-refractivity contribution in [1.82, 2.24) is 10.3 Å². The molecule has 1 amide bonds. The molecule has 0 bridgehead atoms. The lowest BCUT2D eigenvalue weighted by molar-refractivity contribution is 0.0523. The van der Waals surface area contributed by atoms with Gasteiger partial charge in [0.25, 0.3) is 5.56 Å². The number of halogens is 5. The molecule has 6 nitrogen and oxygen atoms in total. The minimum atomic E-state index is -1.04. The summed E-state index contributed by atoms with van der Waals surface area (Å²) in [4.78, 5) is 26.0. The Kier molecular flexibility index (Phi) is 7.74. The summed E-state index contributed by atoms with van der Waals surface area (Å²) < 4.78 is 67.7. The number of alkyl carbamates (subject to hydrolysis) is 1. The molecular weight excluding hydrogens is 492 g/mol. The third-order valence-electron chi connectivity index (χ3n) is 4.59. The predicted molar refractivity (Wildman–Crippen MR) is 121 cm³/mol. The van der Waals surface area contributed by atoms with Gasteiger partial charge < -0.3 is 19.8 Å². The molecule has 2 N–H and O–H groups in total. The second-order valence-corrected chi connectivity index (χ2v) is 8.87. The molecule has 0 aliphatic rings. The van der Waals surface area contributed by atoms with E-state index in [0.717, 1.165) is 30.5 Å². The molecule has 35 heavy (non-hydrogen) atoms. The summed E-state index contributed by atoms with van der Waals surface area (Å²) in [5, 5.41) is 1.88. The Hall–Kier alpha value is -3.53. The van der Waals surface area contributed by atoms with Gasteiger partial charge in [0.05, 0.1) is 5.56 Å². The van der Waals surface area contributed by atoms with E-state index >= 15 is 0 Å². The number of H-pyrrole nitrogens is 1. The van der Waals surface area contributed by atoms with Crippen LogP contribution in [0.1, 0.15) is 31.9 Å². The molecule has 1 heterocycles. The average Bonchev–Trinajstić information content (AvgIpc) is 2.74. The molecule has 0 fully saturated rings. The van der Waals surface area contributed by atoms with Crippen molar-refractivity contribution < 1.29 is 31.8 Å². The molecule has 3 rings (SSSR count). The second kappa shape index (κ2) is 10.4. The Bertz CT molecular complexity index is 1300. The maximum Gasteiger partial charge on any atom is 0.407 e. The number of ether oxygens (including phenoxy) is 2. The van der Waals surface area contributed by atoms with Crippen LogP contribution in [0.2, 0.25) is 5.02 Å². The van der Waals surface area contributed by atoms with Crippen molar-refractivity contribution in [3.05, 3.63) is 86.3 Å². The van der Waals surface area contributed by atoms with Crippen LogP contribution in [-0.2, 0) is 17.9 Å². The highest BCUT2D eigenvalue weighted by Gasteiger charge is 2.22. The van der Waals surface area contributed by atoms with Gasteiger partial charge in [-0.05, 0) is 50.6 Å². The normalized spacial score (nSPS) is 11.3. The van der Waals surface area contributed by atoms with Crippen LogP contribution in [0.4, 0.5) is 22.4 Å². The van der Waals surface area contributed by atoms with Crippen molar-refractivity contribution in [2.24, 2.45) is 0 Å². The molecule has 0 radical (unpaired) electrons. The standard InChI is InChI=1S/C24H21ClF4N2O4/c1-24(2,3)35-23(33)31-9-12-6-17(28)19(18(29)7-12)15-10-30-22(32)20(25)21(15)34-11-13-4-5-14(26)8-16(13)27/h4-8,10H,9,11H2,1-3H3,(H,30,32)(H,31,33). The van der Waals surface area contributed by atoms with E-state index in [1.165, 1.54) is 0 Å². The van der Waals surface area contributed by atoms with E-state index in [1.807, 2.05) is 0 Å². The van der Waals surface area contributed by atoms with Gasteiger partial charge in [0, 0.05) is 29.9 Å². The van der Waals surface area contributed by atoms with Gasteiger partial charge in [-0.1, -0.05) is 11.6 Å². The van der Waals surface area contributed by atoms with Crippen molar-refractivity contribution >= 4 is 17.7 Å². The molecule has 0 spiro atoms. The Morgan fingerprint density at radius 1 is 1.06 bits per heavy atom. The van der Waals surface area contributed by atoms with Crippen LogP contribution < -0.4 is 15.6 Å². The van der Waals surface area contributed by atoms with Crippen LogP contribution in [0.15, 0.2) is 41.3 Å². The molecule has 0 aliphatic heterocycles. The lowest BCUT2D eigenvalue weighted by atomic mass is 10.0. The van der Waals surface area contributed by atoms with E-state index in [-0.39, 0.29) is 23.2 Å². The topological polar surface area (TPSA) is 80.4 Å². The number of amides is 1. The molecule has 11 heteroatoms. The SMILES string of the molecule is CC(C)(C)OC(=O)NCc1cc(F)c(-c2c[nH]c(=O)c(Cl)c2OCc2ccc(F)cc2F)c(F)c1. The van der Waals surface area contributed by atoms with Crippen molar-refractivity contribution in [2.45, 2.75) is 39.5 Å². The highest BCUT2D eigenvalue weighted by molar-refractivity contribution is 6.32. The summed E-state index contributed by atoms with van der Waals surface area (Å²) in [6, 6.07) is 4.74. The number of aromatic amines is 1. The Morgan fingerprint density at radius 3 is 2.31 bits per heavy atom. The van der Waals surface area contributed by atoms with Gasteiger partial charge in [-0.2, -0.15) is 0 Å². The first-order valence-electron chi connectivity index (χ1n) is 10.3. The molecule has 0 aliphatic carbocycles. The first-order chi connectivity index (χ1) is 16.4. The molecule has 0 saturated heterocycles. The number of carbonyl (C=O) groups is 1. The first-order valence-corrected chi connectivity index (χ1v) is 10.7. The zero-order chi connectivity index (χ0) is 25.9. The van der Waals surface area contributed by atoms with Crippen LogP contribution in [0.3, 0.4) is 0 Å². The molecule has 186 valence electrons. The van der Waals surface area contributed by atoms with Crippen LogP contribution in [0, 0.1) is 23.3 Å². The zero-order valence-corrected chi connectivity index (χ0v) is 19.7. The monoisotopic (exact) mass is 512 g/mol. The van der Waals surface area contributed by atoms with Crippen LogP contribution in [0.5, 0.6) is 5.75 Å². The van der Waals surface area contributed by atoms with Crippen LogP contribution in [-0.4, -0.2) is 16.7 Å². The fourth-order valence-electron chi connectivity index (χ4n) is 3.08. The fraction of sp³-hybridized carbons (Fsp3) is 0.250. The molecule has 2 aromatic carbocycles. The van der Waals surface area contributed by atoms with Gasteiger partial charge in [0.15, 0.2) is 5.75 Å². The smallest absolute Gasteiger partial charge is 0.407 e. The molecule has 0 saturated carbocycles. The fourth-order valence-corrected chi connectivity index (χ4v) is 3.29. The van der Waals surface area contributed by atoms with Crippen LogP contribution in [0.25, 0.3) is 11.1 Å². The van der Waals surface area contributed by atoms with Gasteiger partial charge >= 0.3 is 6.09 Å². The molecule has 1 aromatic heterocycles. The largest absolute Gasteiger partial charge is 0.486 e. The maximum absolute atomic E-state index is 15.0. The number of benzene rings is 2. The molecule has 0 unspecified atom stereocenters. The molecule has 0 atom stereocenters. The summed E-state index contributed by atoms with van der Waals surface area (Å²) in [6.07, 6.45) is 0.239. The summed E-state index contributed by atoms with van der Waals surface area (Å²) >= 11 is 6.02. The van der Waals surface area contributed by atoms with Crippen molar-refractivity contribution in [1.29, 1.82) is 0 Å². The minimum Gasteiger partial charge on any atom is -0.486 e. The van der Waals surface area contributed by atoms with Crippen molar-refractivity contribution in [3.63, 3.8) is 0 Å². The highest BCUT2D eigenvalue weighted by atomic mass is 35.5. The number of carbonyl (C=O) groups excluding carboxylic acids is 1. The average molecular weight is 513 g/mol. The highest BCUT2D eigenvalue weighted by Crippen LogP contribution is 2.37. The molecular formula is C24H21ClF4N2O4. The second-order valence-electron chi connectivity index (χ2n) is 8.49. The van der Waals surface area contributed by atoms with Gasteiger partial charge in [-0.25, -0.2) is 22.4 Å². The minimum absolute atomic E-state index is 0.0711. The van der Waals surface area contributed by atoms with E-state index in [9.17, 15) is 27.2 Å². The maximum atomic E-state index is 15.0. The zero-order valence-electron chi connectivity index (χ0n) is 18.9. The first kappa shape index (κ1) is 26.1. The Labute approximate surface area is 202 Å². The van der Waals surface area contributed by atoms with Crippen LogP contribution >= 0.6 is 11.6 Å². The number of pyridine rings is 1. The van der Waals surface area contributed by atoms with Gasteiger partial charge in [-0.15, -0.1) is 0 Å². The van der Waals surface area contributed by atoms with E-state index in [1.54, 1.807) is 20.8 Å². The summed E-state index contributed by atoms with van der Waals surface area (Å²) in [5.41, 5.74) is -2.33. The third-order valence-corrected chi connectivity index (χ3v) is 4.93. The summed E-state index contributed by atoms with van der Waals surface area (Å²) in [7, 11) is 0. The third kappa shape index (κ3) is 6.54. The number of aromatic nitrogens is 1. The molecule has 3 aromatic rings. The van der Waals surface area contributed by atoms with E-state index in [2.05, 4.69) is 10.3 Å². The predicted octanol–water partition coefficient (Wildman–Crippen LogP) is 5.86. The quantitative estimate of drug-likeness (QED) is 0.406. The number of hydrogen-bond donors (Lipinski definition) is 2. The lowest BCUT2D eigenvalue weighted by Crippen LogP contribution is -2.32. The van der Waals surface area contributed by atoms with Crippen molar-refractivity contribution in [3.8, 4) is 16.9 Å². The summed E-state index contributed by atoms with van der Waals surface area (Å²) in [5.74, 6) is -4.17. The number of rotatable bonds is 6. The van der Waals surface area contributed by atoms with Crippen molar-refractivity contribution in [2.75, 3.05) is 0 Å². The van der Waals surface area contributed by atoms with Gasteiger partial charge in [-0.3, -0.25) is 4.79 Å². The Balaban J connectivity index is 1.91. The Morgan fingerprint density at radius 2 is 1.71 bits per heavy atom. The van der Waals surface area contributed by atoms with E-state index < -0.39 is 63.5 Å². The van der Waals surface area contributed by atoms with Gasteiger partial charge in [0.2, 0.25) is 0 Å². The number of nitrogens with one attached hydrogen (secondary N) is 2.